The summed E-state index contributed by atoms with van der Waals surface area (Å²) in [6.07, 6.45) is 1.84. The van der Waals surface area contributed by atoms with Crippen molar-refractivity contribution < 1.29 is 14.6 Å². The zero-order chi connectivity index (χ0) is 10.4. The van der Waals surface area contributed by atoms with E-state index in [0.29, 0.717) is 0 Å². The van der Waals surface area contributed by atoms with E-state index < -0.39 is 12.3 Å². The molecule has 1 unspecified atom stereocenters. The molecule has 1 aromatic carbocycles. The number of hydrogen-bond donors (Lipinski definition) is 1. The molecule has 74 valence electrons. The van der Waals surface area contributed by atoms with Crippen molar-refractivity contribution in [3.05, 3.63) is 42.0 Å². The average Bonchev–Trinajstić information content (AvgIpc) is 2.15. The van der Waals surface area contributed by atoms with Gasteiger partial charge in [-0.25, -0.2) is 4.79 Å². The molecule has 0 saturated heterocycles. The Morgan fingerprint density at radius 3 is 2.64 bits per heavy atom. The van der Waals surface area contributed by atoms with Gasteiger partial charge in [0.1, 0.15) is 0 Å². The number of ether oxygens (including phenoxy) is 1. The summed E-state index contributed by atoms with van der Waals surface area (Å²) in [5.74, 6) is -0.552. The highest BCUT2D eigenvalue weighted by Gasteiger charge is 2.00. The Labute approximate surface area is 82.6 Å². The minimum absolute atomic E-state index is 0.552. The van der Waals surface area contributed by atoms with Crippen LogP contribution in [0.15, 0.2) is 36.4 Å². The lowest BCUT2D eigenvalue weighted by Gasteiger charge is -2.02. The third-order valence-corrected chi connectivity index (χ3v) is 1.50. The molecule has 0 aliphatic rings. The van der Waals surface area contributed by atoms with Crippen molar-refractivity contribution in [2.75, 3.05) is 0 Å². The molecule has 1 rings (SSSR count). The Bertz CT molecular complexity index is 315. The van der Waals surface area contributed by atoms with Crippen molar-refractivity contribution >= 4 is 12.0 Å². The van der Waals surface area contributed by atoms with Crippen molar-refractivity contribution in [3.63, 3.8) is 0 Å². The molecular formula is C11H12O3. The Morgan fingerprint density at radius 2 is 2.07 bits per heavy atom. The lowest BCUT2D eigenvalue weighted by atomic mass is 10.2. The SMILES string of the molecule is CC(O)OC(=O)/C=C/c1ccccc1. The van der Waals surface area contributed by atoms with Gasteiger partial charge in [0.05, 0.1) is 0 Å². The topological polar surface area (TPSA) is 46.5 Å². The molecule has 3 heteroatoms. The fraction of sp³-hybridized carbons (Fsp3) is 0.182. The zero-order valence-electron chi connectivity index (χ0n) is 7.88. The van der Waals surface area contributed by atoms with E-state index in [1.54, 1.807) is 6.08 Å². The molecule has 1 atom stereocenters. The zero-order valence-corrected chi connectivity index (χ0v) is 7.88. The van der Waals surface area contributed by atoms with Crippen molar-refractivity contribution in [1.29, 1.82) is 0 Å². The van der Waals surface area contributed by atoms with E-state index in [2.05, 4.69) is 4.74 Å². The molecule has 1 N–H and O–H groups in total. The minimum atomic E-state index is -1.07. The van der Waals surface area contributed by atoms with Crippen LogP contribution in [0.2, 0.25) is 0 Å². The van der Waals surface area contributed by atoms with Gasteiger partial charge in [0.15, 0.2) is 6.29 Å². The molecular weight excluding hydrogens is 180 g/mol. The van der Waals surface area contributed by atoms with E-state index in [0.717, 1.165) is 5.56 Å². The van der Waals surface area contributed by atoms with Crippen LogP contribution in [0.4, 0.5) is 0 Å². The van der Waals surface area contributed by atoms with Crippen molar-refractivity contribution in [3.8, 4) is 0 Å². The molecule has 0 aliphatic heterocycles. The highest BCUT2D eigenvalue weighted by molar-refractivity contribution is 5.87. The molecule has 0 radical (unpaired) electrons. The maximum absolute atomic E-state index is 11.0. The van der Waals surface area contributed by atoms with Crippen LogP contribution in [0.1, 0.15) is 12.5 Å². The molecule has 0 amide bonds. The van der Waals surface area contributed by atoms with Crippen LogP contribution < -0.4 is 0 Å². The molecule has 0 aliphatic carbocycles. The number of benzene rings is 1. The minimum Gasteiger partial charge on any atom is -0.433 e. The Kier molecular flexibility index (Phi) is 3.88. The van der Waals surface area contributed by atoms with Gasteiger partial charge in [0, 0.05) is 6.08 Å². The van der Waals surface area contributed by atoms with E-state index in [1.807, 2.05) is 30.3 Å². The number of carbonyl (C=O) groups excluding carboxylic acids is 1. The quantitative estimate of drug-likeness (QED) is 0.449. The van der Waals surface area contributed by atoms with Crippen LogP contribution in [-0.2, 0) is 9.53 Å². The number of carbonyl (C=O) groups is 1. The van der Waals surface area contributed by atoms with Crippen LogP contribution in [0.3, 0.4) is 0 Å². The maximum Gasteiger partial charge on any atom is 0.333 e. The summed E-state index contributed by atoms with van der Waals surface area (Å²) in [6, 6.07) is 9.38. The van der Waals surface area contributed by atoms with E-state index in [4.69, 9.17) is 5.11 Å². The first-order valence-electron chi connectivity index (χ1n) is 4.30. The van der Waals surface area contributed by atoms with Crippen molar-refractivity contribution in [1.82, 2.24) is 0 Å². The number of hydrogen-bond acceptors (Lipinski definition) is 3. The standard InChI is InChI=1S/C11H12O3/c1-9(12)14-11(13)8-7-10-5-3-2-4-6-10/h2-9,12H,1H3/b8-7+. The predicted molar refractivity (Wildman–Crippen MR) is 53.2 cm³/mol. The van der Waals surface area contributed by atoms with Crippen LogP contribution in [-0.4, -0.2) is 17.4 Å². The first-order chi connectivity index (χ1) is 6.68. The highest BCUT2D eigenvalue weighted by atomic mass is 16.6. The average molecular weight is 192 g/mol. The van der Waals surface area contributed by atoms with Gasteiger partial charge >= 0.3 is 5.97 Å². The summed E-state index contributed by atoms with van der Waals surface area (Å²) in [4.78, 5) is 11.0. The summed E-state index contributed by atoms with van der Waals surface area (Å²) in [7, 11) is 0. The molecule has 14 heavy (non-hydrogen) atoms. The second kappa shape index (κ2) is 5.19. The summed E-state index contributed by atoms with van der Waals surface area (Å²) in [6.45, 7) is 1.38. The first kappa shape index (κ1) is 10.5. The van der Waals surface area contributed by atoms with Gasteiger partial charge in [-0.1, -0.05) is 30.3 Å². The fourth-order valence-corrected chi connectivity index (χ4v) is 0.936. The highest BCUT2D eigenvalue weighted by Crippen LogP contribution is 2.01. The van der Waals surface area contributed by atoms with Crippen LogP contribution in [0.5, 0.6) is 0 Å². The smallest absolute Gasteiger partial charge is 0.333 e. The number of rotatable bonds is 3. The van der Waals surface area contributed by atoms with Gasteiger partial charge in [-0.15, -0.1) is 0 Å². The molecule has 0 aromatic heterocycles. The van der Waals surface area contributed by atoms with Crippen LogP contribution in [0.25, 0.3) is 6.08 Å². The van der Waals surface area contributed by atoms with Gasteiger partial charge in [-0.2, -0.15) is 0 Å². The van der Waals surface area contributed by atoms with Crippen LogP contribution >= 0.6 is 0 Å². The van der Waals surface area contributed by atoms with Gasteiger partial charge in [0.2, 0.25) is 0 Å². The summed E-state index contributed by atoms with van der Waals surface area (Å²) < 4.78 is 4.50. The molecule has 3 nitrogen and oxygen atoms in total. The van der Waals surface area contributed by atoms with E-state index in [9.17, 15) is 4.79 Å². The second-order valence-corrected chi connectivity index (χ2v) is 2.78. The monoisotopic (exact) mass is 192 g/mol. The molecule has 0 heterocycles. The maximum atomic E-state index is 11.0. The fourth-order valence-electron chi connectivity index (χ4n) is 0.936. The molecule has 1 aromatic rings. The predicted octanol–water partition coefficient (Wildman–Crippen LogP) is 1.58. The first-order valence-corrected chi connectivity index (χ1v) is 4.30. The Morgan fingerprint density at radius 1 is 1.43 bits per heavy atom. The van der Waals surface area contributed by atoms with Crippen molar-refractivity contribution in [2.24, 2.45) is 0 Å². The Balaban J connectivity index is 2.52. The summed E-state index contributed by atoms with van der Waals surface area (Å²) in [5, 5.41) is 8.74. The van der Waals surface area contributed by atoms with Gasteiger partial charge in [-0.3, -0.25) is 0 Å². The second-order valence-electron chi connectivity index (χ2n) is 2.78. The number of aliphatic hydroxyl groups is 1. The molecule has 0 fully saturated rings. The third-order valence-electron chi connectivity index (χ3n) is 1.50. The summed E-state index contributed by atoms with van der Waals surface area (Å²) in [5.41, 5.74) is 0.912. The molecule has 0 bridgehead atoms. The lowest BCUT2D eigenvalue weighted by molar-refractivity contribution is -0.158. The summed E-state index contributed by atoms with van der Waals surface area (Å²) >= 11 is 0. The van der Waals surface area contributed by atoms with E-state index in [1.165, 1.54) is 13.0 Å². The van der Waals surface area contributed by atoms with Gasteiger partial charge < -0.3 is 9.84 Å². The van der Waals surface area contributed by atoms with Gasteiger partial charge in [0.25, 0.3) is 0 Å². The largest absolute Gasteiger partial charge is 0.433 e. The molecule has 0 spiro atoms. The van der Waals surface area contributed by atoms with Gasteiger partial charge in [-0.05, 0) is 18.6 Å². The van der Waals surface area contributed by atoms with Crippen LogP contribution in [0, 0.1) is 0 Å². The lowest BCUT2D eigenvalue weighted by Crippen LogP contribution is -2.11. The normalized spacial score (nSPS) is 12.7. The van der Waals surface area contributed by atoms with E-state index in [-0.39, 0.29) is 0 Å². The molecule has 0 saturated carbocycles. The van der Waals surface area contributed by atoms with Crippen molar-refractivity contribution in [2.45, 2.75) is 13.2 Å². The van der Waals surface area contributed by atoms with E-state index >= 15 is 0 Å². The third kappa shape index (κ3) is 3.87. The Hall–Kier alpha value is -1.61. The number of aliphatic hydroxyl groups excluding tert-OH is 1. The number of esters is 1.